The summed E-state index contributed by atoms with van der Waals surface area (Å²) in [4.78, 5) is 0. The Morgan fingerprint density at radius 3 is 1.96 bits per heavy atom. The molecular formula is C24H38FN. The van der Waals surface area contributed by atoms with Crippen molar-refractivity contribution < 1.29 is 4.39 Å². The molecule has 2 rings (SSSR count). The Hall–Kier alpha value is -1.10. The van der Waals surface area contributed by atoms with Crippen LogP contribution in [-0.2, 0) is 0 Å². The van der Waals surface area contributed by atoms with Crippen molar-refractivity contribution in [1.82, 2.24) is 0 Å². The summed E-state index contributed by atoms with van der Waals surface area (Å²) in [6.07, 6.45) is 24.9. The van der Waals surface area contributed by atoms with Gasteiger partial charge in [0.05, 0.1) is 0 Å². The number of halogens is 1. The molecule has 0 bridgehead atoms. The second kappa shape index (κ2) is 12.3. The Bertz CT molecular complexity index is 471. The van der Waals surface area contributed by atoms with Gasteiger partial charge in [-0.1, -0.05) is 57.6 Å². The molecule has 1 nitrogen and oxygen atoms in total. The minimum absolute atomic E-state index is 0.270. The van der Waals surface area contributed by atoms with E-state index < -0.39 is 5.83 Å². The average Bonchev–Trinajstić information content (AvgIpc) is 2.68. The third-order valence-electron chi connectivity index (χ3n) is 6.57. The van der Waals surface area contributed by atoms with E-state index in [1.165, 1.54) is 70.3 Å². The number of hydrogen-bond donors (Lipinski definition) is 0. The minimum Gasteiger partial charge on any atom is -0.195 e. The van der Waals surface area contributed by atoms with E-state index in [0.717, 1.165) is 37.5 Å². The molecule has 0 aromatic carbocycles. The summed E-state index contributed by atoms with van der Waals surface area (Å²) in [5.41, 5.74) is 0. The van der Waals surface area contributed by atoms with E-state index in [0.29, 0.717) is 5.92 Å². The van der Waals surface area contributed by atoms with Crippen LogP contribution in [0.1, 0.15) is 96.8 Å². The molecule has 0 heterocycles. The smallest absolute Gasteiger partial charge is 0.195 e. The van der Waals surface area contributed by atoms with Crippen LogP contribution in [0.5, 0.6) is 0 Å². The zero-order valence-corrected chi connectivity index (χ0v) is 16.8. The van der Waals surface area contributed by atoms with Crippen LogP contribution in [0.15, 0.2) is 24.1 Å². The molecule has 0 saturated heterocycles. The van der Waals surface area contributed by atoms with Gasteiger partial charge in [0.1, 0.15) is 6.07 Å². The van der Waals surface area contributed by atoms with Gasteiger partial charge >= 0.3 is 0 Å². The second-order valence-electron chi connectivity index (χ2n) is 8.67. The second-order valence-corrected chi connectivity index (χ2v) is 8.67. The Morgan fingerprint density at radius 2 is 1.38 bits per heavy atom. The lowest BCUT2D eigenvalue weighted by Crippen LogP contribution is -2.14. The summed E-state index contributed by atoms with van der Waals surface area (Å²) < 4.78 is 13.1. The van der Waals surface area contributed by atoms with Crippen LogP contribution >= 0.6 is 0 Å². The standard InChI is InChI=1S/C24H38FN/c1-2-3-4-5-6-7-20-8-10-21(11-9-20)12-13-22-14-16-23(17-15-22)18-24(25)19-26/h12-13,18,20-23H,2-11,14-17H2,1H3/b13-12+,24-18?. The number of nitrogens with zero attached hydrogens (tertiary/aromatic N) is 1. The van der Waals surface area contributed by atoms with Crippen LogP contribution in [0.4, 0.5) is 4.39 Å². The first kappa shape index (κ1) is 21.2. The third-order valence-corrected chi connectivity index (χ3v) is 6.57. The topological polar surface area (TPSA) is 23.8 Å². The molecular weight excluding hydrogens is 321 g/mol. The lowest BCUT2D eigenvalue weighted by molar-refractivity contribution is 0.286. The molecule has 0 unspecified atom stereocenters. The first-order valence-electron chi connectivity index (χ1n) is 11.2. The highest BCUT2D eigenvalue weighted by molar-refractivity contribution is 5.13. The van der Waals surface area contributed by atoms with E-state index in [2.05, 4.69) is 19.1 Å². The molecule has 2 aliphatic carbocycles. The van der Waals surface area contributed by atoms with E-state index in [9.17, 15) is 4.39 Å². The van der Waals surface area contributed by atoms with Crippen LogP contribution in [-0.4, -0.2) is 0 Å². The molecule has 0 aliphatic heterocycles. The number of unbranched alkanes of at least 4 members (excludes halogenated alkanes) is 4. The molecule has 0 atom stereocenters. The summed E-state index contributed by atoms with van der Waals surface area (Å²) in [5.74, 6) is 2.11. The Morgan fingerprint density at radius 1 is 0.846 bits per heavy atom. The highest BCUT2D eigenvalue weighted by atomic mass is 19.1. The first-order chi connectivity index (χ1) is 12.7. The van der Waals surface area contributed by atoms with Gasteiger partial charge in [-0.15, -0.1) is 0 Å². The van der Waals surface area contributed by atoms with Crippen molar-refractivity contribution in [3.63, 3.8) is 0 Å². The largest absolute Gasteiger partial charge is 0.196 e. The van der Waals surface area contributed by atoms with Crippen molar-refractivity contribution in [2.75, 3.05) is 0 Å². The predicted molar refractivity (Wildman–Crippen MR) is 108 cm³/mol. The lowest BCUT2D eigenvalue weighted by Gasteiger charge is -2.28. The fourth-order valence-corrected chi connectivity index (χ4v) is 4.77. The molecule has 2 saturated carbocycles. The normalized spacial score (nSPS) is 30.4. The first-order valence-corrected chi connectivity index (χ1v) is 11.2. The van der Waals surface area contributed by atoms with Gasteiger partial charge in [-0.3, -0.25) is 0 Å². The van der Waals surface area contributed by atoms with Crippen molar-refractivity contribution in [2.45, 2.75) is 96.8 Å². The zero-order chi connectivity index (χ0) is 18.6. The van der Waals surface area contributed by atoms with Crippen LogP contribution in [0.2, 0.25) is 0 Å². The van der Waals surface area contributed by atoms with Crippen LogP contribution < -0.4 is 0 Å². The minimum atomic E-state index is -0.605. The fourth-order valence-electron chi connectivity index (χ4n) is 4.77. The average molecular weight is 360 g/mol. The van der Waals surface area contributed by atoms with E-state index in [4.69, 9.17) is 5.26 Å². The van der Waals surface area contributed by atoms with Gasteiger partial charge in [0, 0.05) is 0 Å². The SMILES string of the molecule is CCCCCCCC1CCC(/C=C/C2CCC(C=C(F)C#N)CC2)CC1. The van der Waals surface area contributed by atoms with Gasteiger partial charge in [-0.2, -0.15) is 9.65 Å². The molecule has 146 valence electrons. The summed E-state index contributed by atoms with van der Waals surface area (Å²) in [5, 5.41) is 8.54. The summed E-state index contributed by atoms with van der Waals surface area (Å²) >= 11 is 0. The van der Waals surface area contributed by atoms with Gasteiger partial charge in [0.25, 0.3) is 0 Å². The molecule has 0 N–H and O–H groups in total. The van der Waals surface area contributed by atoms with Crippen molar-refractivity contribution in [3.05, 3.63) is 24.1 Å². The Kier molecular flexibility index (Phi) is 10.0. The maximum Gasteiger partial charge on any atom is 0.196 e. The van der Waals surface area contributed by atoms with E-state index >= 15 is 0 Å². The Balaban J connectivity index is 1.59. The number of hydrogen-bond acceptors (Lipinski definition) is 1. The van der Waals surface area contributed by atoms with Gasteiger partial charge < -0.3 is 0 Å². The molecule has 2 fully saturated rings. The van der Waals surface area contributed by atoms with E-state index in [1.807, 2.05) is 0 Å². The number of rotatable bonds is 9. The monoisotopic (exact) mass is 359 g/mol. The van der Waals surface area contributed by atoms with Crippen molar-refractivity contribution in [3.8, 4) is 6.07 Å². The van der Waals surface area contributed by atoms with Gasteiger partial charge in [-0.05, 0) is 81.1 Å². The fraction of sp³-hybridized carbons (Fsp3) is 0.792. The third kappa shape index (κ3) is 8.07. The molecule has 26 heavy (non-hydrogen) atoms. The highest BCUT2D eigenvalue weighted by Gasteiger charge is 2.21. The van der Waals surface area contributed by atoms with Crippen molar-refractivity contribution in [1.29, 1.82) is 5.26 Å². The quantitative estimate of drug-likeness (QED) is 0.233. The molecule has 0 aromatic rings. The maximum atomic E-state index is 13.1. The predicted octanol–water partition coefficient (Wildman–Crippen LogP) is 7.89. The highest BCUT2D eigenvalue weighted by Crippen LogP contribution is 2.35. The number of nitriles is 1. The van der Waals surface area contributed by atoms with Crippen LogP contribution in [0.3, 0.4) is 0 Å². The summed E-state index contributed by atoms with van der Waals surface area (Å²) in [6.45, 7) is 2.28. The van der Waals surface area contributed by atoms with Gasteiger partial charge in [0.2, 0.25) is 0 Å². The van der Waals surface area contributed by atoms with E-state index in [1.54, 1.807) is 6.07 Å². The molecule has 2 aliphatic rings. The molecule has 0 amide bonds. The Labute approximate surface area is 160 Å². The van der Waals surface area contributed by atoms with Crippen molar-refractivity contribution in [2.24, 2.45) is 23.7 Å². The molecule has 2 heteroatoms. The number of allylic oxidation sites excluding steroid dienone is 4. The van der Waals surface area contributed by atoms with Crippen molar-refractivity contribution >= 4 is 0 Å². The van der Waals surface area contributed by atoms with Gasteiger partial charge in [0.15, 0.2) is 5.83 Å². The summed E-state index contributed by atoms with van der Waals surface area (Å²) in [7, 11) is 0. The zero-order valence-electron chi connectivity index (χ0n) is 16.8. The molecule has 0 aromatic heterocycles. The molecule has 0 radical (unpaired) electrons. The van der Waals surface area contributed by atoms with Crippen LogP contribution in [0, 0.1) is 35.0 Å². The lowest BCUT2D eigenvalue weighted by atomic mass is 9.78. The molecule has 0 spiro atoms. The van der Waals surface area contributed by atoms with E-state index in [-0.39, 0.29) is 5.92 Å². The van der Waals surface area contributed by atoms with Crippen LogP contribution in [0.25, 0.3) is 0 Å². The summed E-state index contributed by atoms with van der Waals surface area (Å²) in [6, 6.07) is 1.60. The maximum absolute atomic E-state index is 13.1. The van der Waals surface area contributed by atoms with Gasteiger partial charge in [-0.25, -0.2) is 0 Å².